The summed E-state index contributed by atoms with van der Waals surface area (Å²) in [5, 5.41) is 14.4. The first kappa shape index (κ1) is 16.5. The molecule has 0 bridgehead atoms. The van der Waals surface area contributed by atoms with Gasteiger partial charge in [0.25, 0.3) is 5.91 Å². The zero-order valence-electron chi connectivity index (χ0n) is 16.0. The van der Waals surface area contributed by atoms with E-state index in [0.717, 1.165) is 41.3 Å². The summed E-state index contributed by atoms with van der Waals surface area (Å²) in [6.45, 7) is 2.86. The third-order valence-corrected chi connectivity index (χ3v) is 5.87. The van der Waals surface area contributed by atoms with Gasteiger partial charge in [-0.2, -0.15) is 4.52 Å². The highest BCUT2D eigenvalue weighted by Gasteiger charge is 2.30. The second-order valence-electron chi connectivity index (χ2n) is 7.84. The van der Waals surface area contributed by atoms with Crippen LogP contribution in [0.2, 0.25) is 0 Å². The quantitative estimate of drug-likeness (QED) is 0.584. The second-order valence-corrected chi connectivity index (χ2v) is 7.84. The van der Waals surface area contributed by atoms with E-state index < -0.39 is 0 Å². The van der Waals surface area contributed by atoms with E-state index in [0.29, 0.717) is 24.7 Å². The lowest BCUT2D eigenvalue weighted by Gasteiger charge is -2.35. The largest absolute Gasteiger partial charge is 0.352 e. The molecule has 1 saturated heterocycles. The van der Waals surface area contributed by atoms with Crippen LogP contribution < -0.4 is 4.90 Å². The molecule has 0 spiro atoms. The molecule has 1 aromatic carbocycles. The molecule has 0 radical (unpaired) electrons. The fraction of sp³-hybridized carbons (Fsp3) is 0.333. The maximum Gasteiger partial charge on any atom is 0.270 e. The predicted molar refractivity (Wildman–Crippen MR) is 109 cm³/mol. The van der Waals surface area contributed by atoms with Gasteiger partial charge in [0.15, 0.2) is 11.5 Å². The van der Waals surface area contributed by atoms with Gasteiger partial charge in [0.2, 0.25) is 0 Å². The van der Waals surface area contributed by atoms with Gasteiger partial charge in [0.05, 0.1) is 0 Å². The Hall–Kier alpha value is -3.42. The van der Waals surface area contributed by atoms with Gasteiger partial charge in [-0.3, -0.25) is 4.79 Å². The number of para-hydroxylation sites is 1. The van der Waals surface area contributed by atoms with E-state index in [9.17, 15) is 4.79 Å². The number of hydrogen-bond donors (Lipinski definition) is 1. The maximum absolute atomic E-state index is 12.9. The lowest BCUT2D eigenvalue weighted by molar-refractivity contribution is 0.0741. The number of anilines is 1. The predicted octanol–water partition coefficient (Wildman–Crippen LogP) is 2.45. The van der Waals surface area contributed by atoms with Gasteiger partial charge in [-0.15, -0.1) is 15.3 Å². The number of piperazine rings is 1. The number of carbonyl (C=O) groups is 1. The summed E-state index contributed by atoms with van der Waals surface area (Å²) < 4.78 is 1.88. The van der Waals surface area contributed by atoms with Crippen molar-refractivity contribution in [2.24, 2.45) is 0 Å². The van der Waals surface area contributed by atoms with E-state index in [1.807, 2.05) is 51.9 Å². The Morgan fingerprint density at radius 3 is 2.62 bits per heavy atom. The third-order valence-electron chi connectivity index (χ3n) is 5.87. The number of fused-ring (bicyclic) bond motifs is 2. The third kappa shape index (κ3) is 2.83. The summed E-state index contributed by atoms with van der Waals surface area (Å²) in [5.74, 6) is 2.43. The van der Waals surface area contributed by atoms with Gasteiger partial charge in [-0.05, 0) is 37.1 Å². The highest BCUT2D eigenvalue weighted by Crippen LogP contribution is 2.38. The van der Waals surface area contributed by atoms with Crippen LogP contribution in [0.15, 0.2) is 42.5 Å². The molecule has 0 unspecified atom stereocenters. The molecule has 1 aliphatic carbocycles. The monoisotopic (exact) mass is 387 g/mol. The number of hydrogen-bond acceptors (Lipinski definition) is 5. The van der Waals surface area contributed by atoms with Crippen LogP contribution >= 0.6 is 0 Å². The Labute approximate surface area is 167 Å². The molecule has 4 heterocycles. The van der Waals surface area contributed by atoms with Crippen molar-refractivity contribution >= 4 is 28.3 Å². The number of H-pyrrole nitrogens is 1. The first-order valence-electron chi connectivity index (χ1n) is 10.1. The molecule has 4 aromatic rings. The highest BCUT2D eigenvalue weighted by atomic mass is 16.2. The Bertz CT molecular complexity index is 1180. The van der Waals surface area contributed by atoms with Crippen LogP contribution in [0.1, 0.15) is 35.1 Å². The number of benzene rings is 1. The van der Waals surface area contributed by atoms with Crippen LogP contribution in [-0.2, 0) is 0 Å². The average molecular weight is 387 g/mol. The van der Waals surface area contributed by atoms with Crippen molar-refractivity contribution < 1.29 is 4.79 Å². The maximum atomic E-state index is 12.9. The van der Waals surface area contributed by atoms with Crippen molar-refractivity contribution in [1.82, 2.24) is 29.7 Å². The van der Waals surface area contributed by atoms with Gasteiger partial charge in [-0.1, -0.05) is 18.2 Å². The molecule has 2 fully saturated rings. The molecule has 1 N–H and O–H groups in total. The van der Waals surface area contributed by atoms with Crippen molar-refractivity contribution in [3.63, 3.8) is 0 Å². The summed E-state index contributed by atoms with van der Waals surface area (Å²) in [6.07, 6.45) is 2.34. The van der Waals surface area contributed by atoms with Crippen molar-refractivity contribution in [1.29, 1.82) is 0 Å². The molecule has 3 aromatic heterocycles. The lowest BCUT2D eigenvalue weighted by Crippen LogP contribution is -2.49. The van der Waals surface area contributed by atoms with Crippen LogP contribution in [0.5, 0.6) is 0 Å². The first-order valence-corrected chi connectivity index (χ1v) is 10.1. The van der Waals surface area contributed by atoms with Crippen molar-refractivity contribution in [2.75, 3.05) is 31.1 Å². The van der Waals surface area contributed by atoms with Gasteiger partial charge in [-0.25, -0.2) is 0 Å². The summed E-state index contributed by atoms with van der Waals surface area (Å²) in [6, 6.07) is 13.9. The molecule has 2 aliphatic rings. The molecule has 1 aliphatic heterocycles. The number of rotatable bonds is 3. The SMILES string of the molecule is O=C(c1cc2ccccc2[nH]1)N1CCN(c2ccc3nnc(C4CC4)n3n2)CC1. The van der Waals surface area contributed by atoms with Gasteiger partial charge in [0.1, 0.15) is 11.5 Å². The zero-order chi connectivity index (χ0) is 19.4. The zero-order valence-corrected chi connectivity index (χ0v) is 16.0. The van der Waals surface area contributed by atoms with E-state index in [1.165, 1.54) is 12.8 Å². The molecule has 0 atom stereocenters. The molecule has 6 rings (SSSR count). The molecule has 29 heavy (non-hydrogen) atoms. The smallest absolute Gasteiger partial charge is 0.270 e. The van der Waals surface area contributed by atoms with E-state index in [2.05, 4.69) is 20.1 Å². The number of nitrogens with zero attached hydrogens (tertiary/aromatic N) is 6. The number of amides is 1. The fourth-order valence-corrected chi connectivity index (χ4v) is 4.06. The minimum Gasteiger partial charge on any atom is -0.352 e. The summed E-state index contributed by atoms with van der Waals surface area (Å²) in [7, 11) is 0. The second kappa shape index (κ2) is 6.30. The minimum absolute atomic E-state index is 0.0547. The Morgan fingerprint density at radius 2 is 1.83 bits per heavy atom. The van der Waals surface area contributed by atoms with Crippen LogP contribution in [0, 0.1) is 0 Å². The van der Waals surface area contributed by atoms with Gasteiger partial charge < -0.3 is 14.8 Å². The number of aromatic nitrogens is 5. The molecule has 8 nitrogen and oxygen atoms in total. The summed E-state index contributed by atoms with van der Waals surface area (Å²) >= 11 is 0. The molecule has 8 heteroatoms. The number of carbonyl (C=O) groups excluding carboxylic acids is 1. The van der Waals surface area contributed by atoms with E-state index in [4.69, 9.17) is 5.10 Å². The average Bonchev–Trinajstić information content (AvgIpc) is 3.37. The van der Waals surface area contributed by atoms with E-state index in [-0.39, 0.29) is 5.91 Å². The van der Waals surface area contributed by atoms with E-state index >= 15 is 0 Å². The van der Waals surface area contributed by atoms with Crippen LogP contribution in [-0.4, -0.2) is 61.8 Å². The Balaban J connectivity index is 1.18. The van der Waals surface area contributed by atoms with Crippen LogP contribution in [0.3, 0.4) is 0 Å². The lowest BCUT2D eigenvalue weighted by atomic mass is 10.2. The topological polar surface area (TPSA) is 82.4 Å². The van der Waals surface area contributed by atoms with Gasteiger partial charge >= 0.3 is 0 Å². The van der Waals surface area contributed by atoms with Crippen molar-refractivity contribution in [3.05, 3.63) is 54.0 Å². The molecular weight excluding hydrogens is 366 g/mol. The fourth-order valence-electron chi connectivity index (χ4n) is 4.06. The minimum atomic E-state index is 0.0547. The summed E-state index contributed by atoms with van der Waals surface area (Å²) in [5.41, 5.74) is 2.44. The van der Waals surface area contributed by atoms with Crippen molar-refractivity contribution in [3.8, 4) is 0 Å². The van der Waals surface area contributed by atoms with E-state index in [1.54, 1.807) is 0 Å². The molecular formula is C21H21N7O. The highest BCUT2D eigenvalue weighted by molar-refractivity contribution is 5.98. The number of aromatic amines is 1. The molecule has 1 amide bonds. The standard InChI is InChI=1S/C21H21N7O/c29-21(17-13-15-3-1-2-4-16(15)22-17)27-11-9-26(10-12-27)19-8-7-18-23-24-20(14-5-6-14)28(18)25-19/h1-4,7-8,13-14,22H,5-6,9-12H2. The van der Waals surface area contributed by atoms with Gasteiger partial charge in [0, 0.05) is 43.0 Å². The molecule has 146 valence electrons. The number of nitrogens with one attached hydrogen (secondary N) is 1. The van der Waals surface area contributed by atoms with Crippen LogP contribution in [0.4, 0.5) is 5.82 Å². The van der Waals surface area contributed by atoms with Crippen LogP contribution in [0.25, 0.3) is 16.6 Å². The van der Waals surface area contributed by atoms with Crippen molar-refractivity contribution in [2.45, 2.75) is 18.8 Å². The first-order chi connectivity index (χ1) is 14.3. The normalized spacial score (nSPS) is 17.4. The Morgan fingerprint density at radius 1 is 1.00 bits per heavy atom. The molecule has 1 saturated carbocycles. The Kier molecular flexibility index (Phi) is 3.59. The summed E-state index contributed by atoms with van der Waals surface area (Å²) in [4.78, 5) is 20.3.